The maximum atomic E-state index is 13.0. The molecule has 0 aromatic heterocycles. The summed E-state index contributed by atoms with van der Waals surface area (Å²) in [4.78, 5) is 13.0. The van der Waals surface area contributed by atoms with Crippen molar-refractivity contribution in [3.8, 4) is 0 Å². The number of benzene rings is 1. The predicted octanol–water partition coefficient (Wildman–Crippen LogP) is 4.44. The number of carbonyl (C=O) groups excluding carboxylic acids is 1. The second kappa shape index (κ2) is 4.81. The van der Waals surface area contributed by atoms with Crippen molar-refractivity contribution in [2.75, 3.05) is 0 Å². The van der Waals surface area contributed by atoms with E-state index < -0.39 is 0 Å². The van der Waals surface area contributed by atoms with Crippen molar-refractivity contribution in [1.29, 1.82) is 0 Å². The van der Waals surface area contributed by atoms with Crippen LogP contribution in [-0.2, 0) is 11.3 Å². The van der Waals surface area contributed by atoms with Crippen molar-refractivity contribution >= 4 is 5.91 Å². The molecule has 3 heteroatoms. The average molecular weight is 315 g/mol. The summed E-state index contributed by atoms with van der Waals surface area (Å²) in [7, 11) is 0. The molecule has 2 nitrogen and oxygen atoms in total. The van der Waals surface area contributed by atoms with E-state index in [1.807, 2.05) is 0 Å². The van der Waals surface area contributed by atoms with E-state index in [9.17, 15) is 9.18 Å². The van der Waals surface area contributed by atoms with Gasteiger partial charge in [-0.05, 0) is 73.0 Å². The summed E-state index contributed by atoms with van der Waals surface area (Å²) in [6.45, 7) is 5.27. The fraction of sp³-hybridized carbons (Fsp3) is 0.650. The maximum absolute atomic E-state index is 13.0. The van der Waals surface area contributed by atoms with Crippen LogP contribution in [0.25, 0.3) is 0 Å². The molecule has 0 heterocycles. The number of amides is 1. The predicted molar refractivity (Wildman–Crippen MR) is 88.1 cm³/mol. The van der Waals surface area contributed by atoms with E-state index in [1.54, 1.807) is 12.1 Å². The minimum absolute atomic E-state index is 0.164. The Labute approximate surface area is 137 Å². The van der Waals surface area contributed by atoms with Crippen molar-refractivity contribution < 1.29 is 9.18 Å². The first-order chi connectivity index (χ1) is 10.8. The average Bonchev–Trinajstić information content (AvgIpc) is 2.42. The molecular weight excluding hydrogens is 289 g/mol. The Morgan fingerprint density at radius 1 is 1.09 bits per heavy atom. The van der Waals surface area contributed by atoms with Gasteiger partial charge in [-0.1, -0.05) is 26.0 Å². The maximum Gasteiger partial charge on any atom is 0.226 e. The van der Waals surface area contributed by atoms with E-state index >= 15 is 0 Å². The van der Waals surface area contributed by atoms with Gasteiger partial charge in [0.15, 0.2) is 0 Å². The molecule has 4 fully saturated rings. The van der Waals surface area contributed by atoms with E-state index in [0.29, 0.717) is 17.4 Å². The second-order valence-electron chi connectivity index (χ2n) is 9.22. The molecule has 124 valence electrons. The van der Waals surface area contributed by atoms with Crippen molar-refractivity contribution in [3.63, 3.8) is 0 Å². The molecule has 1 aromatic carbocycles. The van der Waals surface area contributed by atoms with Gasteiger partial charge in [0.05, 0.1) is 5.41 Å². The first-order valence-corrected chi connectivity index (χ1v) is 8.83. The van der Waals surface area contributed by atoms with Crippen molar-refractivity contribution in [3.05, 3.63) is 35.6 Å². The lowest BCUT2D eigenvalue weighted by atomic mass is 9.40. The lowest BCUT2D eigenvalue weighted by Gasteiger charge is -2.64. The van der Waals surface area contributed by atoms with Crippen LogP contribution < -0.4 is 5.32 Å². The van der Waals surface area contributed by atoms with Crippen molar-refractivity contribution in [1.82, 2.24) is 5.32 Å². The molecule has 0 aliphatic heterocycles. The molecule has 5 rings (SSSR count). The lowest BCUT2D eigenvalue weighted by molar-refractivity contribution is -0.170. The number of hydrogen-bond acceptors (Lipinski definition) is 1. The molecule has 2 atom stereocenters. The van der Waals surface area contributed by atoms with Gasteiger partial charge in [0.1, 0.15) is 5.82 Å². The minimum Gasteiger partial charge on any atom is -0.352 e. The Morgan fingerprint density at radius 3 is 2.26 bits per heavy atom. The topological polar surface area (TPSA) is 29.1 Å². The molecule has 4 saturated carbocycles. The third-order valence-electron chi connectivity index (χ3n) is 6.47. The number of nitrogens with one attached hydrogen (secondary N) is 1. The Morgan fingerprint density at radius 2 is 1.70 bits per heavy atom. The third kappa shape index (κ3) is 2.58. The molecule has 1 N–H and O–H groups in total. The van der Waals surface area contributed by atoms with Crippen LogP contribution in [0.3, 0.4) is 0 Å². The highest BCUT2D eigenvalue weighted by Gasteiger charge is 2.62. The minimum atomic E-state index is -0.234. The van der Waals surface area contributed by atoms with E-state index in [2.05, 4.69) is 19.2 Å². The molecule has 0 radical (unpaired) electrons. The first-order valence-electron chi connectivity index (χ1n) is 8.83. The normalized spacial score (nSPS) is 41.1. The molecular formula is C20H26FNO. The van der Waals surface area contributed by atoms with E-state index in [4.69, 9.17) is 0 Å². The van der Waals surface area contributed by atoms with Crippen LogP contribution >= 0.6 is 0 Å². The highest BCUT2D eigenvalue weighted by molar-refractivity contribution is 5.83. The standard InChI is InChI=1S/C20H26FNO/c1-18-7-15-8-19(2,11-18)13-20(9-15,12-18)17(23)22-10-14-3-5-16(21)6-4-14/h3-6,15H,7-13H2,1-2H3,(H,22,23). The number of halogens is 1. The van der Waals surface area contributed by atoms with Gasteiger partial charge in [-0.3, -0.25) is 4.79 Å². The Bertz CT molecular complexity index is 620. The summed E-state index contributed by atoms with van der Waals surface area (Å²) in [5.41, 5.74) is 1.49. The summed E-state index contributed by atoms with van der Waals surface area (Å²) in [5.74, 6) is 0.711. The molecule has 1 amide bonds. The highest BCUT2D eigenvalue weighted by Crippen LogP contribution is 2.69. The Balaban J connectivity index is 1.50. The summed E-state index contributed by atoms with van der Waals surface area (Å²) in [6, 6.07) is 6.40. The van der Waals surface area contributed by atoms with Gasteiger partial charge in [-0.2, -0.15) is 0 Å². The van der Waals surface area contributed by atoms with Gasteiger partial charge >= 0.3 is 0 Å². The number of hydrogen-bond donors (Lipinski definition) is 1. The smallest absolute Gasteiger partial charge is 0.226 e. The zero-order valence-electron chi connectivity index (χ0n) is 14.1. The largest absolute Gasteiger partial charge is 0.352 e. The fourth-order valence-corrected chi connectivity index (χ4v) is 6.67. The lowest BCUT2D eigenvalue weighted by Crippen LogP contribution is -2.59. The first kappa shape index (κ1) is 15.2. The monoisotopic (exact) mass is 315 g/mol. The van der Waals surface area contributed by atoms with E-state index in [-0.39, 0.29) is 17.1 Å². The van der Waals surface area contributed by atoms with Gasteiger partial charge in [0.2, 0.25) is 5.91 Å². The Kier molecular flexibility index (Phi) is 3.17. The number of carbonyl (C=O) groups is 1. The summed E-state index contributed by atoms with van der Waals surface area (Å²) >= 11 is 0. The van der Waals surface area contributed by atoms with Crippen LogP contribution in [0.2, 0.25) is 0 Å². The molecule has 23 heavy (non-hydrogen) atoms. The van der Waals surface area contributed by atoms with Gasteiger partial charge in [0, 0.05) is 6.54 Å². The van der Waals surface area contributed by atoms with Crippen LogP contribution in [0.5, 0.6) is 0 Å². The SMILES string of the molecule is CC12CC3CC(C)(C1)CC(C(=O)NCc1ccc(F)cc1)(C3)C2. The quantitative estimate of drug-likeness (QED) is 0.878. The zero-order chi connectivity index (χ0) is 16.3. The van der Waals surface area contributed by atoms with Crippen LogP contribution in [0, 0.1) is 28.0 Å². The third-order valence-corrected chi connectivity index (χ3v) is 6.47. The fourth-order valence-electron chi connectivity index (χ4n) is 6.67. The zero-order valence-corrected chi connectivity index (χ0v) is 14.1. The molecule has 4 bridgehead atoms. The summed E-state index contributed by atoms with van der Waals surface area (Å²) < 4.78 is 13.0. The van der Waals surface area contributed by atoms with Crippen molar-refractivity contribution in [2.24, 2.45) is 22.2 Å². The summed E-state index contributed by atoms with van der Waals surface area (Å²) in [5, 5.41) is 3.15. The summed E-state index contributed by atoms with van der Waals surface area (Å²) in [6.07, 6.45) is 7.03. The van der Waals surface area contributed by atoms with E-state index in [0.717, 1.165) is 30.7 Å². The highest BCUT2D eigenvalue weighted by atomic mass is 19.1. The molecule has 1 aromatic rings. The van der Waals surface area contributed by atoms with Gasteiger partial charge < -0.3 is 5.32 Å². The molecule has 4 aliphatic rings. The van der Waals surface area contributed by atoms with E-state index in [1.165, 1.54) is 31.4 Å². The van der Waals surface area contributed by atoms with Crippen LogP contribution in [0.1, 0.15) is 57.9 Å². The van der Waals surface area contributed by atoms with Gasteiger partial charge in [0.25, 0.3) is 0 Å². The van der Waals surface area contributed by atoms with Crippen molar-refractivity contribution in [2.45, 2.75) is 58.9 Å². The van der Waals surface area contributed by atoms with Crippen LogP contribution in [0.4, 0.5) is 4.39 Å². The van der Waals surface area contributed by atoms with Gasteiger partial charge in [-0.25, -0.2) is 4.39 Å². The molecule has 2 unspecified atom stereocenters. The second-order valence-corrected chi connectivity index (χ2v) is 9.22. The number of rotatable bonds is 3. The Hall–Kier alpha value is -1.38. The van der Waals surface area contributed by atoms with Crippen LogP contribution in [-0.4, -0.2) is 5.91 Å². The van der Waals surface area contributed by atoms with Crippen LogP contribution in [0.15, 0.2) is 24.3 Å². The van der Waals surface area contributed by atoms with Gasteiger partial charge in [-0.15, -0.1) is 0 Å². The molecule has 4 aliphatic carbocycles. The molecule has 0 spiro atoms. The molecule has 0 saturated heterocycles.